The average molecular weight is 361 g/mol. The number of nitrogens with one attached hydrogen (secondary N) is 1. The van der Waals surface area contributed by atoms with E-state index in [0.717, 1.165) is 36.5 Å². The Morgan fingerprint density at radius 3 is 3.00 bits per heavy atom. The zero-order valence-electron chi connectivity index (χ0n) is 14.1. The van der Waals surface area contributed by atoms with Crippen molar-refractivity contribution in [1.82, 2.24) is 10.2 Å². The number of anilines is 2. The Balaban J connectivity index is 1.63. The summed E-state index contributed by atoms with van der Waals surface area (Å²) in [6.07, 6.45) is 1.80. The fourth-order valence-corrected chi connectivity index (χ4v) is 3.13. The molecule has 2 heterocycles. The fourth-order valence-electron chi connectivity index (χ4n) is 3.03. The van der Waals surface area contributed by atoms with Crippen LogP contribution in [0.2, 0.25) is 5.15 Å². The Morgan fingerprint density at radius 1 is 1.36 bits per heavy atom. The van der Waals surface area contributed by atoms with E-state index >= 15 is 0 Å². The second-order valence-corrected chi connectivity index (χ2v) is 6.51. The lowest BCUT2D eigenvalue weighted by Gasteiger charge is -2.32. The van der Waals surface area contributed by atoms with Crippen molar-refractivity contribution in [3.05, 3.63) is 47.1 Å². The van der Waals surface area contributed by atoms with Gasteiger partial charge in [0.05, 0.1) is 12.5 Å². The van der Waals surface area contributed by atoms with Crippen LogP contribution < -0.4 is 10.2 Å². The van der Waals surface area contributed by atoms with Crippen molar-refractivity contribution in [3.8, 4) is 0 Å². The lowest BCUT2D eigenvalue weighted by molar-refractivity contribution is -0.120. The topological polar surface area (TPSA) is 67.3 Å². The Morgan fingerprint density at radius 2 is 2.24 bits per heavy atom. The van der Waals surface area contributed by atoms with Crippen LogP contribution in [0.1, 0.15) is 18.4 Å². The van der Waals surface area contributed by atoms with Crippen LogP contribution in [0.15, 0.2) is 36.4 Å². The van der Waals surface area contributed by atoms with Crippen molar-refractivity contribution in [2.45, 2.75) is 19.4 Å². The molecule has 7 heteroatoms. The molecule has 1 amide bonds. The number of aromatic nitrogens is 2. The largest absolute Gasteiger partial charge is 0.380 e. The number of methoxy groups -OCH3 is 1. The first kappa shape index (κ1) is 17.6. The van der Waals surface area contributed by atoms with E-state index in [0.29, 0.717) is 18.3 Å². The highest BCUT2D eigenvalue weighted by Crippen LogP contribution is 2.23. The van der Waals surface area contributed by atoms with Crippen LogP contribution in [0.3, 0.4) is 0 Å². The van der Waals surface area contributed by atoms with Gasteiger partial charge in [-0.2, -0.15) is 0 Å². The van der Waals surface area contributed by atoms with E-state index in [1.165, 1.54) is 0 Å². The predicted molar refractivity (Wildman–Crippen MR) is 97.8 cm³/mol. The van der Waals surface area contributed by atoms with Crippen molar-refractivity contribution in [3.63, 3.8) is 0 Å². The number of amides is 1. The van der Waals surface area contributed by atoms with Crippen LogP contribution in [-0.2, 0) is 16.1 Å². The summed E-state index contributed by atoms with van der Waals surface area (Å²) in [5, 5.41) is 11.4. The summed E-state index contributed by atoms with van der Waals surface area (Å²) >= 11 is 5.79. The summed E-state index contributed by atoms with van der Waals surface area (Å²) in [6.45, 7) is 2.01. The number of carbonyl (C=O) groups is 1. The highest BCUT2D eigenvalue weighted by molar-refractivity contribution is 6.29. The molecule has 1 aromatic carbocycles. The van der Waals surface area contributed by atoms with Gasteiger partial charge in [0, 0.05) is 25.9 Å². The van der Waals surface area contributed by atoms with Crippen molar-refractivity contribution >= 4 is 29.0 Å². The van der Waals surface area contributed by atoms with Crippen LogP contribution in [0.25, 0.3) is 0 Å². The monoisotopic (exact) mass is 360 g/mol. The van der Waals surface area contributed by atoms with Crippen LogP contribution >= 0.6 is 11.6 Å². The summed E-state index contributed by atoms with van der Waals surface area (Å²) in [7, 11) is 1.65. The van der Waals surface area contributed by atoms with Gasteiger partial charge in [0.2, 0.25) is 5.91 Å². The third-order valence-electron chi connectivity index (χ3n) is 4.24. The van der Waals surface area contributed by atoms with Crippen LogP contribution in [0.4, 0.5) is 11.5 Å². The zero-order valence-corrected chi connectivity index (χ0v) is 14.9. The molecule has 1 N–H and O–H groups in total. The summed E-state index contributed by atoms with van der Waals surface area (Å²) in [4.78, 5) is 14.7. The van der Waals surface area contributed by atoms with Gasteiger partial charge in [-0.3, -0.25) is 4.79 Å². The average Bonchev–Trinajstić information content (AvgIpc) is 2.63. The van der Waals surface area contributed by atoms with Crippen molar-refractivity contribution < 1.29 is 9.53 Å². The van der Waals surface area contributed by atoms with Crippen LogP contribution in [-0.4, -0.2) is 36.3 Å². The standard InChI is InChI=1S/C18H21ClN4O2/c1-25-12-13-4-2-6-15(10-13)20-18(24)14-5-3-9-23(11-14)17-8-7-16(19)21-22-17/h2,4,6-8,10,14H,3,5,9,11-12H2,1H3,(H,20,24). The van der Waals surface area contributed by atoms with Gasteiger partial charge < -0.3 is 15.0 Å². The minimum atomic E-state index is -0.0858. The highest BCUT2D eigenvalue weighted by atomic mass is 35.5. The van der Waals surface area contributed by atoms with E-state index in [1.54, 1.807) is 13.2 Å². The Kier molecular flexibility index (Phi) is 5.83. The summed E-state index contributed by atoms with van der Waals surface area (Å²) < 4.78 is 5.13. The quantitative estimate of drug-likeness (QED) is 0.887. The van der Waals surface area contributed by atoms with E-state index in [4.69, 9.17) is 16.3 Å². The minimum Gasteiger partial charge on any atom is -0.380 e. The predicted octanol–water partition coefficient (Wildman–Crippen LogP) is 3.13. The number of ether oxygens (including phenoxy) is 1. The normalized spacial score (nSPS) is 17.4. The molecule has 0 radical (unpaired) electrons. The molecule has 1 saturated heterocycles. The van der Waals surface area contributed by atoms with Crippen molar-refractivity contribution in [1.29, 1.82) is 0 Å². The number of benzene rings is 1. The van der Waals surface area contributed by atoms with Gasteiger partial charge >= 0.3 is 0 Å². The number of nitrogens with zero attached hydrogens (tertiary/aromatic N) is 3. The third kappa shape index (κ3) is 4.67. The maximum atomic E-state index is 12.6. The van der Waals surface area contributed by atoms with Gasteiger partial charge in [0.15, 0.2) is 11.0 Å². The molecule has 1 aliphatic rings. The second-order valence-electron chi connectivity index (χ2n) is 6.12. The highest BCUT2D eigenvalue weighted by Gasteiger charge is 2.26. The zero-order chi connectivity index (χ0) is 17.6. The van der Waals surface area contributed by atoms with Gasteiger partial charge in [-0.25, -0.2) is 0 Å². The minimum absolute atomic E-state index is 0.0289. The van der Waals surface area contributed by atoms with Gasteiger partial charge in [0.1, 0.15) is 0 Å². The number of hydrogen-bond acceptors (Lipinski definition) is 5. The van der Waals surface area contributed by atoms with Crippen molar-refractivity contribution in [2.24, 2.45) is 5.92 Å². The summed E-state index contributed by atoms with van der Waals surface area (Å²) in [5.74, 6) is 0.697. The maximum absolute atomic E-state index is 12.6. The third-order valence-corrected chi connectivity index (χ3v) is 4.44. The van der Waals surface area contributed by atoms with Gasteiger partial charge in [0.25, 0.3) is 0 Å². The van der Waals surface area contributed by atoms with Gasteiger partial charge in [-0.05, 0) is 42.7 Å². The Hall–Kier alpha value is -2.18. The molecule has 0 saturated carbocycles. The number of rotatable bonds is 5. The molecule has 0 bridgehead atoms. The Labute approximate surface area is 152 Å². The lowest BCUT2D eigenvalue weighted by atomic mass is 9.97. The molecule has 0 aliphatic carbocycles. The van der Waals surface area contributed by atoms with Gasteiger partial charge in [-0.15, -0.1) is 10.2 Å². The molecular weight excluding hydrogens is 340 g/mol. The molecule has 1 aliphatic heterocycles. The second kappa shape index (κ2) is 8.27. The van der Waals surface area contributed by atoms with Crippen LogP contribution in [0.5, 0.6) is 0 Å². The number of halogens is 1. The molecule has 132 valence electrons. The lowest BCUT2D eigenvalue weighted by Crippen LogP contribution is -2.41. The molecule has 6 nitrogen and oxygen atoms in total. The first-order valence-electron chi connectivity index (χ1n) is 8.28. The smallest absolute Gasteiger partial charge is 0.229 e. The molecular formula is C18H21ClN4O2. The van der Waals surface area contributed by atoms with E-state index in [2.05, 4.69) is 20.4 Å². The molecule has 0 spiro atoms. The van der Waals surface area contributed by atoms with E-state index in [-0.39, 0.29) is 11.8 Å². The van der Waals surface area contributed by atoms with E-state index in [1.807, 2.05) is 30.3 Å². The van der Waals surface area contributed by atoms with Crippen molar-refractivity contribution in [2.75, 3.05) is 30.4 Å². The van der Waals surface area contributed by atoms with E-state index in [9.17, 15) is 4.79 Å². The number of carbonyl (C=O) groups excluding carboxylic acids is 1. The summed E-state index contributed by atoms with van der Waals surface area (Å²) in [5.41, 5.74) is 1.82. The Bertz CT molecular complexity index is 723. The SMILES string of the molecule is COCc1cccc(NC(=O)C2CCCN(c3ccc(Cl)nn3)C2)c1. The van der Waals surface area contributed by atoms with E-state index < -0.39 is 0 Å². The molecule has 1 unspecified atom stereocenters. The maximum Gasteiger partial charge on any atom is 0.229 e. The molecule has 25 heavy (non-hydrogen) atoms. The first-order valence-corrected chi connectivity index (χ1v) is 8.66. The summed E-state index contributed by atoms with van der Waals surface area (Å²) in [6, 6.07) is 11.3. The molecule has 1 atom stereocenters. The van der Waals surface area contributed by atoms with Gasteiger partial charge in [-0.1, -0.05) is 23.7 Å². The molecule has 1 aromatic heterocycles. The number of hydrogen-bond donors (Lipinski definition) is 1. The molecule has 2 aromatic rings. The first-order chi connectivity index (χ1) is 12.2. The number of piperidine rings is 1. The fraction of sp³-hybridized carbons (Fsp3) is 0.389. The van der Waals surface area contributed by atoms with Crippen LogP contribution in [0, 0.1) is 5.92 Å². The molecule has 1 fully saturated rings. The molecule has 3 rings (SSSR count).